The lowest BCUT2D eigenvalue weighted by atomic mass is 10.2. The number of methoxy groups -OCH3 is 1. The summed E-state index contributed by atoms with van der Waals surface area (Å²) >= 11 is 2.00. The van der Waals surface area contributed by atoms with Gasteiger partial charge in [0, 0.05) is 17.5 Å². The predicted octanol–water partition coefficient (Wildman–Crippen LogP) is 3.09. The Morgan fingerprint density at radius 2 is 2.16 bits per heavy atom. The van der Waals surface area contributed by atoms with Crippen molar-refractivity contribution in [3.63, 3.8) is 0 Å². The van der Waals surface area contributed by atoms with Crippen LogP contribution in [0.15, 0.2) is 6.20 Å². The van der Waals surface area contributed by atoms with E-state index in [1.807, 2.05) is 22.6 Å². The van der Waals surface area contributed by atoms with Gasteiger partial charge in [-0.25, -0.2) is 0 Å². The molecule has 2 atom stereocenters. The Hall–Kier alpha value is -0.680. The highest BCUT2D eigenvalue weighted by molar-refractivity contribution is 7.99. The monoisotopic (exact) mass is 285 g/mol. The Kier molecular flexibility index (Phi) is 7.31. The number of ether oxygens (including phenoxy) is 1. The standard InChI is InChI=1S/C14H27N3OS/c1-6-11(4)19-10-12(15-7-2)14-13(18-5)9-16-17(14)8-3/h9,11-12,15H,6-8,10H2,1-5H3. The van der Waals surface area contributed by atoms with E-state index in [0.29, 0.717) is 11.3 Å². The van der Waals surface area contributed by atoms with Crippen molar-refractivity contribution < 1.29 is 4.74 Å². The smallest absolute Gasteiger partial charge is 0.161 e. The van der Waals surface area contributed by atoms with Crippen molar-refractivity contribution in [3.8, 4) is 5.75 Å². The van der Waals surface area contributed by atoms with Gasteiger partial charge in [0.25, 0.3) is 0 Å². The van der Waals surface area contributed by atoms with Crippen molar-refractivity contribution in [2.24, 2.45) is 0 Å². The number of rotatable bonds is 9. The fourth-order valence-corrected chi connectivity index (χ4v) is 3.03. The van der Waals surface area contributed by atoms with Crippen LogP contribution < -0.4 is 10.1 Å². The molecule has 1 heterocycles. The summed E-state index contributed by atoms with van der Waals surface area (Å²) in [5.41, 5.74) is 1.17. The lowest BCUT2D eigenvalue weighted by molar-refractivity contribution is 0.397. The summed E-state index contributed by atoms with van der Waals surface area (Å²) in [7, 11) is 1.71. The van der Waals surface area contributed by atoms with E-state index in [1.54, 1.807) is 7.11 Å². The third kappa shape index (κ3) is 4.42. The number of hydrogen-bond acceptors (Lipinski definition) is 4. The Labute approximate surface area is 121 Å². The Morgan fingerprint density at radius 1 is 1.42 bits per heavy atom. The van der Waals surface area contributed by atoms with E-state index in [-0.39, 0.29) is 0 Å². The van der Waals surface area contributed by atoms with Gasteiger partial charge < -0.3 is 10.1 Å². The van der Waals surface area contributed by atoms with Crippen molar-refractivity contribution >= 4 is 11.8 Å². The molecule has 0 fully saturated rings. The number of thioether (sulfide) groups is 1. The van der Waals surface area contributed by atoms with Gasteiger partial charge >= 0.3 is 0 Å². The number of hydrogen-bond donors (Lipinski definition) is 1. The van der Waals surface area contributed by atoms with E-state index >= 15 is 0 Å². The number of aromatic nitrogens is 2. The van der Waals surface area contributed by atoms with Crippen molar-refractivity contribution in [1.29, 1.82) is 0 Å². The molecule has 1 aromatic heterocycles. The largest absolute Gasteiger partial charge is 0.493 e. The highest BCUT2D eigenvalue weighted by Crippen LogP contribution is 2.29. The molecule has 0 bridgehead atoms. The van der Waals surface area contributed by atoms with Gasteiger partial charge in [-0.1, -0.05) is 20.8 Å². The zero-order chi connectivity index (χ0) is 14.3. The van der Waals surface area contributed by atoms with Crippen LogP contribution in [0.1, 0.15) is 45.9 Å². The predicted molar refractivity (Wildman–Crippen MR) is 83.1 cm³/mol. The Bertz CT molecular complexity index is 346. The van der Waals surface area contributed by atoms with Crippen LogP contribution in [0.25, 0.3) is 0 Å². The molecule has 2 unspecified atom stereocenters. The molecule has 0 spiro atoms. The van der Waals surface area contributed by atoms with Crippen molar-refractivity contribution in [3.05, 3.63) is 11.9 Å². The minimum absolute atomic E-state index is 0.293. The van der Waals surface area contributed by atoms with Crippen molar-refractivity contribution in [1.82, 2.24) is 15.1 Å². The van der Waals surface area contributed by atoms with Gasteiger partial charge in [0.2, 0.25) is 0 Å². The van der Waals surface area contributed by atoms with Gasteiger partial charge in [0.05, 0.1) is 25.0 Å². The lowest BCUT2D eigenvalue weighted by Crippen LogP contribution is -2.26. The molecule has 19 heavy (non-hydrogen) atoms. The van der Waals surface area contributed by atoms with Crippen LogP contribution in [-0.4, -0.2) is 34.4 Å². The normalized spacial score (nSPS) is 14.4. The van der Waals surface area contributed by atoms with E-state index < -0.39 is 0 Å². The molecule has 0 aliphatic carbocycles. The molecule has 1 rings (SSSR count). The quantitative estimate of drug-likeness (QED) is 0.757. The van der Waals surface area contributed by atoms with Crippen LogP contribution >= 0.6 is 11.8 Å². The molecule has 0 aromatic carbocycles. The molecule has 0 saturated heterocycles. The van der Waals surface area contributed by atoms with E-state index in [2.05, 4.69) is 38.1 Å². The van der Waals surface area contributed by atoms with Crippen LogP contribution in [0, 0.1) is 0 Å². The second-order valence-corrected chi connectivity index (χ2v) is 6.05. The summed E-state index contributed by atoms with van der Waals surface area (Å²) in [5, 5.41) is 8.64. The van der Waals surface area contributed by atoms with Gasteiger partial charge in [0.1, 0.15) is 0 Å². The highest BCUT2D eigenvalue weighted by atomic mass is 32.2. The number of nitrogens with one attached hydrogen (secondary N) is 1. The maximum atomic E-state index is 5.46. The maximum absolute atomic E-state index is 5.46. The Morgan fingerprint density at radius 3 is 2.68 bits per heavy atom. The van der Waals surface area contributed by atoms with Gasteiger partial charge in [-0.15, -0.1) is 0 Å². The fraction of sp³-hybridized carbons (Fsp3) is 0.786. The zero-order valence-corrected chi connectivity index (χ0v) is 13.6. The van der Waals surface area contributed by atoms with Gasteiger partial charge in [-0.2, -0.15) is 16.9 Å². The first-order valence-corrected chi connectivity index (χ1v) is 8.17. The van der Waals surface area contributed by atoms with Crippen LogP contribution in [0.5, 0.6) is 5.75 Å². The van der Waals surface area contributed by atoms with E-state index in [1.165, 1.54) is 12.1 Å². The lowest BCUT2D eigenvalue weighted by Gasteiger charge is -2.21. The summed E-state index contributed by atoms with van der Waals surface area (Å²) in [6.45, 7) is 10.6. The van der Waals surface area contributed by atoms with Crippen molar-refractivity contribution in [2.75, 3.05) is 19.4 Å². The average Bonchev–Trinajstić information content (AvgIpc) is 2.85. The summed E-state index contributed by atoms with van der Waals surface area (Å²) in [6.07, 6.45) is 3.02. The van der Waals surface area contributed by atoms with E-state index in [9.17, 15) is 0 Å². The second kappa shape index (κ2) is 8.48. The molecular weight excluding hydrogens is 258 g/mol. The van der Waals surface area contributed by atoms with E-state index in [4.69, 9.17) is 4.74 Å². The first kappa shape index (κ1) is 16.4. The molecule has 0 aliphatic heterocycles. The molecule has 0 saturated carbocycles. The summed E-state index contributed by atoms with van der Waals surface area (Å²) in [5.74, 6) is 1.93. The Balaban J connectivity index is 2.87. The van der Waals surface area contributed by atoms with Crippen LogP contribution in [0.3, 0.4) is 0 Å². The van der Waals surface area contributed by atoms with Crippen molar-refractivity contribution in [2.45, 2.75) is 52.0 Å². The minimum atomic E-state index is 0.293. The fourth-order valence-electron chi connectivity index (χ4n) is 2.00. The third-order valence-electron chi connectivity index (χ3n) is 3.27. The minimum Gasteiger partial charge on any atom is -0.493 e. The SMILES string of the molecule is CCNC(CSC(C)CC)c1c(OC)cnn1CC. The molecule has 5 heteroatoms. The molecule has 0 amide bonds. The van der Waals surface area contributed by atoms with E-state index in [0.717, 1.165) is 24.6 Å². The summed E-state index contributed by atoms with van der Waals surface area (Å²) in [4.78, 5) is 0. The highest BCUT2D eigenvalue weighted by Gasteiger charge is 2.21. The topological polar surface area (TPSA) is 39.1 Å². The number of aryl methyl sites for hydroxylation is 1. The average molecular weight is 285 g/mol. The second-order valence-electron chi connectivity index (χ2n) is 4.58. The number of nitrogens with zero attached hydrogens (tertiary/aromatic N) is 2. The molecule has 110 valence electrons. The third-order valence-corrected chi connectivity index (χ3v) is 4.70. The molecular formula is C14H27N3OS. The molecule has 4 nitrogen and oxygen atoms in total. The van der Waals surface area contributed by atoms with Crippen LogP contribution in [-0.2, 0) is 6.54 Å². The molecule has 1 N–H and O–H groups in total. The molecule has 1 aromatic rings. The van der Waals surface area contributed by atoms with Crippen LogP contribution in [0.2, 0.25) is 0 Å². The zero-order valence-electron chi connectivity index (χ0n) is 12.8. The first-order chi connectivity index (χ1) is 9.17. The molecule has 0 aliphatic rings. The van der Waals surface area contributed by atoms with Gasteiger partial charge in [-0.3, -0.25) is 4.68 Å². The van der Waals surface area contributed by atoms with Gasteiger partial charge in [-0.05, 0) is 19.9 Å². The maximum Gasteiger partial charge on any atom is 0.161 e. The van der Waals surface area contributed by atoms with Crippen LogP contribution in [0.4, 0.5) is 0 Å². The van der Waals surface area contributed by atoms with Gasteiger partial charge in [0.15, 0.2) is 5.75 Å². The first-order valence-electron chi connectivity index (χ1n) is 7.12. The molecule has 0 radical (unpaired) electrons. The summed E-state index contributed by atoms with van der Waals surface area (Å²) < 4.78 is 7.49. The summed E-state index contributed by atoms with van der Waals surface area (Å²) in [6, 6.07) is 0.293.